The van der Waals surface area contributed by atoms with Crippen LogP contribution in [0.15, 0.2) is 121 Å². The van der Waals surface area contributed by atoms with E-state index in [-0.39, 0.29) is 0 Å². The highest BCUT2D eigenvalue weighted by Crippen LogP contribution is 2.56. The fourth-order valence-corrected chi connectivity index (χ4v) is 15.1. The van der Waals surface area contributed by atoms with Gasteiger partial charge in [0.1, 0.15) is 0 Å². The first-order valence-corrected chi connectivity index (χ1v) is 21.2. The molecule has 0 amide bonds. The van der Waals surface area contributed by atoms with Gasteiger partial charge < -0.3 is 28.1 Å². The fraction of sp³-hybridized carbons (Fsp3) is 0.182. The van der Waals surface area contributed by atoms with Gasteiger partial charge in [0.2, 0.25) is 0 Å². The molecule has 0 N–H and O–H groups in total. The maximum absolute atomic E-state index is 16.8. The Hall–Kier alpha value is -4.38. The van der Waals surface area contributed by atoms with Gasteiger partial charge in [-0.05, 0) is 44.5 Å². The lowest BCUT2D eigenvalue weighted by Crippen LogP contribution is -2.34. The third kappa shape index (κ3) is 4.66. The van der Waals surface area contributed by atoms with Crippen LogP contribution in [-0.2, 0) is 80.9 Å². The Bertz CT molecular complexity index is 2200. The molecule has 0 atom stereocenters. The Morgan fingerprint density at radius 1 is 0.308 bits per heavy atom. The summed E-state index contributed by atoms with van der Waals surface area (Å²) in [4.78, 5) is 0. The van der Waals surface area contributed by atoms with Crippen molar-refractivity contribution in [2.75, 3.05) is 0 Å². The molecule has 258 valence electrons. The van der Waals surface area contributed by atoms with Gasteiger partial charge in [0.15, 0.2) is 14.3 Å². The van der Waals surface area contributed by atoms with Gasteiger partial charge in [-0.1, -0.05) is 121 Å². The molecule has 0 radical (unpaired) electrons. The van der Waals surface area contributed by atoms with Crippen LogP contribution in [0.2, 0.25) is 0 Å². The van der Waals surface area contributed by atoms with Crippen molar-refractivity contribution in [1.82, 2.24) is 0 Å². The Kier molecular flexibility index (Phi) is 7.85. The molecule has 0 saturated heterocycles. The summed E-state index contributed by atoms with van der Waals surface area (Å²) in [5, 5.41) is 4.46. The second kappa shape index (κ2) is 12.6. The lowest BCUT2D eigenvalue weighted by Gasteiger charge is -2.32. The zero-order chi connectivity index (χ0) is 34.9. The SMILES string of the molecule is O=P(c1ccccc1)(c1ccccc1)c1c2c(c3c(c1-c1c4c(c5c(c1P(=O)(c1ccccc1)c1ccccc1)COC5)COC4)COC3)COC2. The zero-order valence-corrected chi connectivity index (χ0v) is 30.3. The van der Waals surface area contributed by atoms with E-state index in [2.05, 4.69) is 0 Å². The van der Waals surface area contributed by atoms with Gasteiger partial charge in [0, 0.05) is 43.0 Å². The summed E-state index contributed by atoms with van der Waals surface area (Å²) >= 11 is 0. The lowest BCUT2D eigenvalue weighted by atomic mass is 9.85. The van der Waals surface area contributed by atoms with E-state index in [1.807, 2.05) is 121 Å². The number of ether oxygens (including phenoxy) is 4. The minimum Gasteiger partial charge on any atom is -0.372 e. The van der Waals surface area contributed by atoms with E-state index in [4.69, 9.17) is 18.9 Å². The topological polar surface area (TPSA) is 71.1 Å². The molecule has 10 rings (SSSR count). The van der Waals surface area contributed by atoms with E-state index >= 15 is 9.13 Å². The molecule has 0 unspecified atom stereocenters. The summed E-state index contributed by atoms with van der Waals surface area (Å²) in [7, 11) is -7.22. The standard InChI is InChI=1S/C44H36O6P2/c45-51(29-13-5-1-6-14-29,30-15-7-2-8-16-30)43-39-27-49-23-35(39)33-21-47-25-37(33)41(43)42-38-26-48-22-34(38)36-24-50-28-40(36)44(42)52(46,31-17-9-3-10-18-31)32-19-11-4-12-20-32/h1-20H,21-28H2. The molecular formula is C44H36O6P2. The molecule has 0 aliphatic carbocycles. The molecule has 0 fully saturated rings. The molecule has 0 bridgehead atoms. The van der Waals surface area contributed by atoms with Crippen molar-refractivity contribution in [2.24, 2.45) is 0 Å². The summed E-state index contributed by atoms with van der Waals surface area (Å²) in [6.07, 6.45) is 0. The third-order valence-corrected chi connectivity index (χ3v) is 17.5. The van der Waals surface area contributed by atoms with Crippen LogP contribution >= 0.6 is 14.3 Å². The highest BCUT2D eigenvalue weighted by atomic mass is 31.2. The maximum atomic E-state index is 16.8. The van der Waals surface area contributed by atoms with Crippen molar-refractivity contribution in [2.45, 2.75) is 52.9 Å². The Balaban J connectivity index is 1.44. The number of benzene rings is 6. The smallest absolute Gasteiger partial charge is 0.172 e. The summed E-state index contributed by atoms with van der Waals surface area (Å²) < 4.78 is 58.7. The summed E-state index contributed by atoms with van der Waals surface area (Å²) in [5.74, 6) is 0. The highest BCUT2D eigenvalue weighted by Gasteiger charge is 2.46. The van der Waals surface area contributed by atoms with Crippen LogP contribution in [0.5, 0.6) is 0 Å². The van der Waals surface area contributed by atoms with Crippen LogP contribution in [0, 0.1) is 0 Å². The zero-order valence-electron chi connectivity index (χ0n) is 28.5. The van der Waals surface area contributed by atoms with Crippen LogP contribution < -0.4 is 31.8 Å². The molecule has 6 nitrogen and oxygen atoms in total. The highest BCUT2D eigenvalue weighted by molar-refractivity contribution is 7.86. The fourth-order valence-electron chi connectivity index (χ4n) is 8.85. The molecule has 6 aromatic rings. The predicted octanol–water partition coefficient (Wildman–Crippen LogP) is 6.75. The first kappa shape index (κ1) is 32.3. The Morgan fingerprint density at radius 2 is 0.538 bits per heavy atom. The van der Waals surface area contributed by atoms with Gasteiger partial charge in [-0.25, -0.2) is 0 Å². The quantitative estimate of drug-likeness (QED) is 0.170. The van der Waals surface area contributed by atoms with Gasteiger partial charge >= 0.3 is 0 Å². The molecular weight excluding hydrogens is 686 g/mol. The van der Waals surface area contributed by atoms with Crippen molar-refractivity contribution in [1.29, 1.82) is 0 Å². The third-order valence-electron chi connectivity index (χ3n) is 11.2. The number of fused-ring (bicyclic) bond motifs is 6. The molecule has 4 heterocycles. The van der Waals surface area contributed by atoms with Crippen LogP contribution in [0.25, 0.3) is 11.1 Å². The second-order valence-corrected chi connectivity index (χ2v) is 19.2. The minimum atomic E-state index is -3.61. The minimum absolute atomic E-state index is 0.325. The van der Waals surface area contributed by atoms with E-state index < -0.39 is 14.3 Å². The van der Waals surface area contributed by atoms with E-state index in [9.17, 15) is 0 Å². The van der Waals surface area contributed by atoms with Gasteiger partial charge in [-0.3, -0.25) is 0 Å². The van der Waals surface area contributed by atoms with Crippen LogP contribution in [0.1, 0.15) is 44.5 Å². The number of hydrogen-bond acceptors (Lipinski definition) is 6. The average Bonchev–Trinajstić information content (AvgIpc) is 4.05. The van der Waals surface area contributed by atoms with Gasteiger partial charge in [-0.15, -0.1) is 0 Å². The Morgan fingerprint density at radius 3 is 0.827 bits per heavy atom. The molecule has 4 aliphatic heterocycles. The molecule has 0 saturated carbocycles. The normalized spacial score (nSPS) is 16.1. The van der Waals surface area contributed by atoms with Crippen molar-refractivity contribution >= 4 is 46.1 Å². The maximum Gasteiger partial charge on any atom is 0.172 e. The largest absolute Gasteiger partial charge is 0.372 e. The van der Waals surface area contributed by atoms with Crippen molar-refractivity contribution in [3.05, 3.63) is 166 Å². The van der Waals surface area contributed by atoms with Crippen molar-refractivity contribution in [3.63, 3.8) is 0 Å². The molecule has 0 aromatic heterocycles. The van der Waals surface area contributed by atoms with Crippen LogP contribution in [0.3, 0.4) is 0 Å². The molecule has 4 aliphatic rings. The van der Waals surface area contributed by atoms with Crippen LogP contribution in [0.4, 0.5) is 0 Å². The number of hydrogen-bond donors (Lipinski definition) is 0. The van der Waals surface area contributed by atoms with Gasteiger partial charge in [0.05, 0.1) is 52.9 Å². The monoisotopic (exact) mass is 722 g/mol. The number of rotatable bonds is 7. The molecule has 0 spiro atoms. The second-order valence-electron chi connectivity index (χ2n) is 13.8. The summed E-state index contributed by atoms with van der Waals surface area (Å²) in [6.45, 7) is 3.07. The van der Waals surface area contributed by atoms with E-state index in [1.165, 1.54) is 0 Å². The van der Waals surface area contributed by atoms with Crippen molar-refractivity contribution < 1.29 is 28.1 Å². The van der Waals surface area contributed by atoms with E-state index in [1.54, 1.807) is 0 Å². The summed E-state index contributed by atoms with van der Waals surface area (Å²) in [5.41, 5.74) is 9.88. The first-order valence-electron chi connectivity index (χ1n) is 17.7. The van der Waals surface area contributed by atoms with Gasteiger partial charge in [0.25, 0.3) is 0 Å². The predicted molar refractivity (Wildman–Crippen MR) is 205 cm³/mol. The molecule has 52 heavy (non-hydrogen) atoms. The van der Waals surface area contributed by atoms with Gasteiger partial charge in [-0.2, -0.15) is 0 Å². The van der Waals surface area contributed by atoms with Crippen molar-refractivity contribution in [3.8, 4) is 11.1 Å². The van der Waals surface area contributed by atoms with E-state index in [0.29, 0.717) is 52.9 Å². The lowest BCUT2D eigenvalue weighted by molar-refractivity contribution is 0.126. The summed E-state index contributed by atoms with van der Waals surface area (Å²) in [6, 6.07) is 39.4. The first-order chi connectivity index (χ1) is 25.6. The van der Waals surface area contributed by atoms with Crippen LogP contribution in [-0.4, -0.2) is 0 Å². The molecule has 8 heteroatoms. The average molecular weight is 723 g/mol. The molecule has 6 aromatic carbocycles. The Labute approximate surface area is 303 Å². The van der Waals surface area contributed by atoms with E-state index in [0.717, 1.165) is 87.5 Å².